The average Bonchev–Trinajstić information content (AvgIpc) is 2.35. The largest absolute Gasteiger partial charge is 0.481 e. The lowest BCUT2D eigenvalue weighted by Crippen LogP contribution is -2.42. The van der Waals surface area contributed by atoms with Crippen LogP contribution in [0.1, 0.15) is 11.1 Å². The van der Waals surface area contributed by atoms with Crippen molar-refractivity contribution in [3.05, 3.63) is 35.4 Å². The zero-order chi connectivity index (χ0) is 13.8. The van der Waals surface area contributed by atoms with Crippen LogP contribution in [0.3, 0.4) is 0 Å². The van der Waals surface area contributed by atoms with Gasteiger partial charge in [-0.05, 0) is 11.1 Å². The van der Waals surface area contributed by atoms with Gasteiger partial charge in [0.25, 0.3) is 0 Å². The maximum absolute atomic E-state index is 11.7. The summed E-state index contributed by atoms with van der Waals surface area (Å²) in [6.45, 7) is 0.154. The number of hydrogen-bond donors (Lipinski definition) is 1. The Labute approximate surface area is 114 Å². The molecule has 1 heterocycles. The van der Waals surface area contributed by atoms with E-state index in [1.165, 1.54) is 16.7 Å². The van der Waals surface area contributed by atoms with Crippen molar-refractivity contribution in [2.75, 3.05) is 11.5 Å². The van der Waals surface area contributed by atoms with Gasteiger partial charge in [0.15, 0.2) is 0 Å². The van der Waals surface area contributed by atoms with Crippen LogP contribution in [0, 0.1) is 0 Å². The second-order valence-corrected chi connectivity index (χ2v) is 5.19. The molecule has 2 rings (SSSR count). The molecule has 19 heavy (non-hydrogen) atoms. The summed E-state index contributed by atoms with van der Waals surface area (Å²) >= 11 is 1.31. The van der Waals surface area contributed by atoms with Gasteiger partial charge in [-0.15, -0.1) is 11.8 Å². The number of carbonyl (C=O) groups excluding carboxylic acids is 2. The number of hydrogen-bond acceptors (Lipinski definition) is 4. The van der Waals surface area contributed by atoms with Gasteiger partial charge in [0, 0.05) is 0 Å². The van der Waals surface area contributed by atoms with Gasteiger partial charge >= 0.3 is 5.97 Å². The molecule has 1 aliphatic rings. The molecule has 1 saturated heterocycles. The van der Waals surface area contributed by atoms with E-state index in [4.69, 9.17) is 5.11 Å². The lowest BCUT2D eigenvalue weighted by molar-refractivity contribution is -0.142. The van der Waals surface area contributed by atoms with E-state index in [1.807, 2.05) is 0 Å². The summed E-state index contributed by atoms with van der Waals surface area (Å²) in [7, 11) is 0. The standard InChI is InChI=1S/C13H13NO4S/c15-11-7-19-8-12(16)14(11)6-10-4-2-1-3-9(10)5-13(17)18/h1-4H,5-8H2,(H,17,18). The van der Waals surface area contributed by atoms with Crippen molar-refractivity contribution in [1.82, 2.24) is 4.90 Å². The van der Waals surface area contributed by atoms with Gasteiger partial charge in [-0.2, -0.15) is 0 Å². The number of imide groups is 1. The molecule has 0 radical (unpaired) electrons. The molecular formula is C13H13NO4S. The van der Waals surface area contributed by atoms with E-state index in [2.05, 4.69) is 0 Å². The van der Waals surface area contributed by atoms with Crippen molar-refractivity contribution in [2.45, 2.75) is 13.0 Å². The number of nitrogens with zero attached hydrogens (tertiary/aromatic N) is 1. The third-order valence-electron chi connectivity index (χ3n) is 2.84. The Balaban J connectivity index is 2.20. The molecule has 1 N–H and O–H groups in total. The minimum absolute atomic E-state index is 0.110. The summed E-state index contributed by atoms with van der Waals surface area (Å²) in [5, 5.41) is 8.85. The van der Waals surface area contributed by atoms with Crippen LogP contribution in [0.25, 0.3) is 0 Å². The van der Waals surface area contributed by atoms with Crippen LogP contribution in [0.15, 0.2) is 24.3 Å². The van der Waals surface area contributed by atoms with E-state index in [0.29, 0.717) is 22.6 Å². The van der Waals surface area contributed by atoms with E-state index < -0.39 is 5.97 Å². The molecule has 0 unspecified atom stereocenters. The third kappa shape index (κ3) is 3.35. The SMILES string of the molecule is O=C(O)Cc1ccccc1CN1C(=O)CSCC1=O. The zero-order valence-electron chi connectivity index (χ0n) is 10.2. The number of benzene rings is 1. The summed E-state index contributed by atoms with van der Waals surface area (Å²) < 4.78 is 0. The molecule has 0 atom stereocenters. The number of thioether (sulfide) groups is 1. The van der Waals surface area contributed by atoms with Crippen LogP contribution in [0.5, 0.6) is 0 Å². The smallest absolute Gasteiger partial charge is 0.307 e. The lowest BCUT2D eigenvalue weighted by Gasteiger charge is -2.25. The van der Waals surface area contributed by atoms with Crippen molar-refractivity contribution in [2.24, 2.45) is 0 Å². The molecule has 0 saturated carbocycles. The first-order valence-corrected chi connectivity index (χ1v) is 6.93. The average molecular weight is 279 g/mol. The molecule has 1 aromatic carbocycles. The van der Waals surface area contributed by atoms with Crippen LogP contribution >= 0.6 is 11.8 Å². The van der Waals surface area contributed by atoms with Crippen molar-refractivity contribution in [3.8, 4) is 0 Å². The van der Waals surface area contributed by atoms with Crippen molar-refractivity contribution in [1.29, 1.82) is 0 Å². The normalized spacial score (nSPS) is 15.7. The number of aliphatic carboxylic acids is 1. The van der Waals surface area contributed by atoms with Crippen molar-refractivity contribution < 1.29 is 19.5 Å². The highest BCUT2D eigenvalue weighted by Crippen LogP contribution is 2.18. The van der Waals surface area contributed by atoms with Gasteiger partial charge in [0.2, 0.25) is 11.8 Å². The Bertz CT molecular complexity index is 513. The highest BCUT2D eigenvalue weighted by molar-refractivity contribution is 8.00. The molecule has 1 aromatic rings. The summed E-state index contributed by atoms with van der Waals surface area (Å²) in [6.07, 6.45) is -0.110. The molecular weight excluding hydrogens is 266 g/mol. The maximum Gasteiger partial charge on any atom is 0.307 e. The summed E-state index contributed by atoms with van der Waals surface area (Å²) in [4.78, 5) is 35.4. The second-order valence-electron chi connectivity index (χ2n) is 4.21. The Morgan fingerprint density at radius 1 is 1.16 bits per heavy atom. The maximum atomic E-state index is 11.7. The van der Waals surface area contributed by atoms with Gasteiger partial charge in [0.1, 0.15) is 0 Å². The number of carboxylic acid groups (broad SMARTS) is 1. The lowest BCUT2D eigenvalue weighted by atomic mass is 10.0. The number of carboxylic acids is 1. The third-order valence-corrected chi connectivity index (χ3v) is 3.74. The van der Waals surface area contributed by atoms with Crippen LogP contribution in [-0.4, -0.2) is 39.3 Å². The Hall–Kier alpha value is -1.82. The van der Waals surface area contributed by atoms with E-state index in [1.54, 1.807) is 24.3 Å². The first kappa shape index (κ1) is 13.6. The zero-order valence-corrected chi connectivity index (χ0v) is 11.0. The number of amides is 2. The van der Waals surface area contributed by atoms with Crippen LogP contribution < -0.4 is 0 Å². The van der Waals surface area contributed by atoms with E-state index in [0.717, 1.165) is 0 Å². The van der Waals surface area contributed by atoms with Crippen molar-refractivity contribution in [3.63, 3.8) is 0 Å². The highest BCUT2D eigenvalue weighted by Gasteiger charge is 2.26. The number of rotatable bonds is 4. The first-order valence-electron chi connectivity index (χ1n) is 5.77. The second kappa shape index (κ2) is 5.88. The fourth-order valence-corrected chi connectivity index (χ4v) is 2.68. The molecule has 100 valence electrons. The van der Waals surface area contributed by atoms with Gasteiger partial charge < -0.3 is 5.11 Å². The molecule has 0 aliphatic carbocycles. The van der Waals surface area contributed by atoms with Crippen LogP contribution in [0.4, 0.5) is 0 Å². The van der Waals surface area contributed by atoms with E-state index >= 15 is 0 Å². The minimum Gasteiger partial charge on any atom is -0.481 e. The topological polar surface area (TPSA) is 74.7 Å². The fourth-order valence-electron chi connectivity index (χ4n) is 1.91. The fraction of sp³-hybridized carbons (Fsp3) is 0.308. The monoisotopic (exact) mass is 279 g/mol. The van der Waals surface area contributed by atoms with Gasteiger partial charge in [-0.1, -0.05) is 24.3 Å². The highest BCUT2D eigenvalue weighted by atomic mass is 32.2. The summed E-state index contributed by atoms with van der Waals surface area (Å²) in [5.74, 6) is -0.767. The molecule has 0 spiro atoms. The first-order chi connectivity index (χ1) is 9.08. The summed E-state index contributed by atoms with van der Waals surface area (Å²) in [5.41, 5.74) is 1.34. The Morgan fingerprint density at radius 2 is 1.74 bits per heavy atom. The summed E-state index contributed by atoms with van der Waals surface area (Å²) in [6, 6.07) is 6.98. The molecule has 5 nitrogen and oxygen atoms in total. The predicted molar refractivity (Wildman–Crippen MR) is 70.7 cm³/mol. The molecule has 0 aromatic heterocycles. The van der Waals surface area contributed by atoms with Gasteiger partial charge in [-0.25, -0.2) is 0 Å². The van der Waals surface area contributed by atoms with Gasteiger partial charge in [-0.3, -0.25) is 19.3 Å². The Kier molecular flexibility index (Phi) is 4.21. The van der Waals surface area contributed by atoms with Crippen LogP contribution in [-0.2, 0) is 27.3 Å². The predicted octanol–water partition coefficient (Wildman–Crippen LogP) is 0.916. The van der Waals surface area contributed by atoms with E-state index in [9.17, 15) is 14.4 Å². The molecule has 1 fully saturated rings. The number of carbonyl (C=O) groups is 3. The Morgan fingerprint density at radius 3 is 2.32 bits per heavy atom. The molecule has 1 aliphatic heterocycles. The molecule has 0 bridgehead atoms. The van der Waals surface area contributed by atoms with Gasteiger partial charge in [0.05, 0.1) is 24.5 Å². The van der Waals surface area contributed by atoms with Crippen molar-refractivity contribution >= 4 is 29.5 Å². The minimum atomic E-state index is -0.931. The van der Waals surface area contributed by atoms with E-state index in [-0.39, 0.29) is 24.8 Å². The molecule has 6 heteroatoms. The quantitative estimate of drug-likeness (QED) is 0.829. The van der Waals surface area contributed by atoms with Crippen LogP contribution in [0.2, 0.25) is 0 Å². The molecule has 2 amide bonds.